The molecule has 1 aromatic heterocycles. The molecule has 0 amide bonds. The van der Waals surface area contributed by atoms with Crippen LogP contribution in [0.5, 0.6) is 0 Å². The van der Waals surface area contributed by atoms with Crippen molar-refractivity contribution >= 4 is 23.5 Å². The third-order valence-electron chi connectivity index (χ3n) is 2.14. The summed E-state index contributed by atoms with van der Waals surface area (Å²) in [5, 5.41) is 3.72. The van der Waals surface area contributed by atoms with E-state index in [-0.39, 0.29) is 5.11 Å². The highest BCUT2D eigenvalue weighted by molar-refractivity contribution is 7.80. The molecule has 0 unspecified atom stereocenters. The lowest BCUT2D eigenvalue weighted by Crippen LogP contribution is -2.23. The van der Waals surface area contributed by atoms with Crippen LogP contribution < -0.4 is 11.2 Å². The third-order valence-corrected chi connectivity index (χ3v) is 2.23. The molecule has 19 heavy (non-hydrogen) atoms. The molecule has 0 aliphatic carbocycles. The first-order chi connectivity index (χ1) is 9.04. The van der Waals surface area contributed by atoms with Crippen LogP contribution >= 0.6 is 12.2 Å². The number of halogens is 2. The highest BCUT2D eigenvalue weighted by Gasteiger charge is 2.07. The summed E-state index contributed by atoms with van der Waals surface area (Å²) < 4.78 is 31.5. The van der Waals surface area contributed by atoms with Gasteiger partial charge in [-0.1, -0.05) is 0 Å². The van der Waals surface area contributed by atoms with Gasteiger partial charge in [-0.15, -0.1) is 0 Å². The smallest absolute Gasteiger partial charge is 0.184 e. The maximum atomic E-state index is 13.1. The molecule has 0 saturated carbocycles. The summed E-state index contributed by atoms with van der Waals surface area (Å²) in [5.41, 5.74) is 7.84. The van der Waals surface area contributed by atoms with Gasteiger partial charge in [-0.25, -0.2) is 8.78 Å². The Morgan fingerprint density at radius 3 is 2.58 bits per heavy atom. The molecule has 2 aromatic rings. The average Bonchev–Trinajstić information content (AvgIpc) is 2.76. The van der Waals surface area contributed by atoms with Gasteiger partial charge in [-0.05, 0) is 36.5 Å². The summed E-state index contributed by atoms with van der Waals surface area (Å²) in [5.74, 6) is -0.618. The Hall–Kier alpha value is -2.28. The second-order valence-corrected chi connectivity index (χ2v) is 4.03. The Bertz CT molecular complexity index is 619. The van der Waals surface area contributed by atoms with Crippen molar-refractivity contribution in [2.24, 2.45) is 10.8 Å². The van der Waals surface area contributed by atoms with Gasteiger partial charge in [-0.3, -0.25) is 5.43 Å². The number of hydrogen-bond acceptors (Lipinski definition) is 3. The van der Waals surface area contributed by atoms with E-state index >= 15 is 0 Å². The molecule has 0 atom stereocenters. The fourth-order valence-corrected chi connectivity index (χ4v) is 1.49. The zero-order valence-corrected chi connectivity index (χ0v) is 10.4. The van der Waals surface area contributed by atoms with Crippen LogP contribution in [-0.2, 0) is 0 Å². The normalized spacial score (nSPS) is 10.8. The maximum absolute atomic E-state index is 13.1. The molecule has 0 saturated heterocycles. The van der Waals surface area contributed by atoms with Crippen molar-refractivity contribution < 1.29 is 13.2 Å². The van der Waals surface area contributed by atoms with Crippen molar-refractivity contribution in [3.63, 3.8) is 0 Å². The van der Waals surface area contributed by atoms with E-state index in [2.05, 4.69) is 22.7 Å². The molecule has 0 bridgehead atoms. The topological polar surface area (TPSA) is 63.5 Å². The van der Waals surface area contributed by atoms with Crippen molar-refractivity contribution in [2.45, 2.75) is 0 Å². The number of thiocarbonyl (C=S) groups is 1. The van der Waals surface area contributed by atoms with Crippen LogP contribution in [0, 0.1) is 11.6 Å². The first-order valence-corrected chi connectivity index (χ1v) is 5.60. The average molecular weight is 281 g/mol. The number of benzene rings is 1. The molecule has 0 radical (unpaired) electrons. The van der Waals surface area contributed by atoms with Gasteiger partial charge in [-0.2, -0.15) is 5.10 Å². The minimum absolute atomic E-state index is 0.0234. The summed E-state index contributed by atoms with van der Waals surface area (Å²) in [4.78, 5) is 0. The quantitative estimate of drug-likeness (QED) is 0.515. The molecule has 0 aliphatic heterocycles. The number of furan rings is 1. The Morgan fingerprint density at radius 1 is 1.26 bits per heavy atom. The lowest BCUT2D eigenvalue weighted by molar-refractivity contribution is 0.564. The minimum Gasteiger partial charge on any atom is -0.455 e. The van der Waals surface area contributed by atoms with E-state index in [1.54, 1.807) is 12.1 Å². The van der Waals surface area contributed by atoms with Gasteiger partial charge in [0, 0.05) is 11.6 Å². The zero-order valence-electron chi connectivity index (χ0n) is 9.56. The van der Waals surface area contributed by atoms with Gasteiger partial charge >= 0.3 is 0 Å². The molecule has 4 nitrogen and oxygen atoms in total. The standard InChI is InChI=1S/C12H9F2N3OS/c13-8-3-7(4-9(14)5-8)11-2-1-10(18-11)6-16-17-12(15)19/h1-6H,(H3,15,17,19)/b16-6+. The van der Waals surface area contributed by atoms with Gasteiger partial charge in [0.2, 0.25) is 0 Å². The van der Waals surface area contributed by atoms with Gasteiger partial charge in [0.15, 0.2) is 5.11 Å². The van der Waals surface area contributed by atoms with E-state index in [0.717, 1.165) is 6.07 Å². The summed E-state index contributed by atoms with van der Waals surface area (Å²) in [6, 6.07) is 6.33. The van der Waals surface area contributed by atoms with Crippen molar-refractivity contribution in [3.8, 4) is 11.3 Å². The van der Waals surface area contributed by atoms with E-state index in [1.165, 1.54) is 18.3 Å². The first-order valence-electron chi connectivity index (χ1n) is 5.19. The van der Waals surface area contributed by atoms with Crippen LogP contribution in [0.15, 0.2) is 39.9 Å². The SMILES string of the molecule is NC(=S)N/N=C/c1ccc(-c2cc(F)cc(F)c2)o1. The molecule has 0 aliphatic rings. The molecule has 98 valence electrons. The summed E-state index contributed by atoms with van der Waals surface area (Å²) in [6.07, 6.45) is 1.35. The van der Waals surface area contributed by atoms with Gasteiger partial charge in [0.1, 0.15) is 23.2 Å². The molecule has 0 fully saturated rings. The van der Waals surface area contributed by atoms with Crippen LogP contribution in [0.4, 0.5) is 8.78 Å². The van der Waals surface area contributed by atoms with E-state index < -0.39 is 11.6 Å². The van der Waals surface area contributed by atoms with Crippen LogP contribution in [0.1, 0.15) is 5.76 Å². The molecular weight excluding hydrogens is 272 g/mol. The third kappa shape index (κ3) is 3.59. The summed E-state index contributed by atoms with van der Waals surface area (Å²) >= 11 is 4.56. The molecule has 0 spiro atoms. The molecule has 7 heteroatoms. The number of nitrogens with two attached hydrogens (primary N) is 1. The predicted molar refractivity (Wildman–Crippen MR) is 71.6 cm³/mol. The Labute approximate surface area is 112 Å². The molecular formula is C12H9F2N3OS. The molecule has 2 rings (SSSR count). The largest absolute Gasteiger partial charge is 0.455 e. The molecule has 3 N–H and O–H groups in total. The van der Waals surface area contributed by atoms with Gasteiger partial charge in [0.05, 0.1) is 6.21 Å². The highest BCUT2D eigenvalue weighted by atomic mass is 32.1. The number of nitrogens with zero attached hydrogens (tertiary/aromatic N) is 1. The van der Waals surface area contributed by atoms with Crippen molar-refractivity contribution in [1.82, 2.24) is 5.43 Å². The Kier molecular flexibility index (Phi) is 3.86. The summed E-state index contributed by atoms with van der Waals surface area (Å²) in [7, 11) is 0. The summed E-state index contributed by atoms with van der Waals surface area (Å²) in [6.45, 7) is 0. The van der Waals surface area contributed by atoms with Gasteiger partial charge < -0.3 is 10.2 Å². The zero-order chi connectivity index (χ0) is 13.8. The first kappa shape index (κ1) is 13.2. The van der Waals surface area contributed by atoms with E-state index in [9.17, 15) is 8.78 Å². The fourth-order valence-electron chi connectivity index (χ4n) is 1.43. The van der Waals surface area contributed by atoms with Crippen molar-refractivity contribution in [2.75, 3.05) is 0 Å². The molecule has 1 aromatic carbocycles. The van der Waals surface area contributed by atoms with Gasteiger partial charge in [0.25, 0.3) is 0 Å². The lowest BCUT2D eigenvalue weighted by atomic mass is 10.1. The second-order valence-electron chi connectivity index (χ2n) is 3.59. The second kappa shape index (κ2) is 5.57. The van der Waals surface area contributed by atoms with Crippen LogP contribution in [0.2, 0.25) is 0 Å². The van der Waals surface area contributed by atoms with Crippen molar-refractivity contribution in [1.29, 1.82) is 0 Å². The number of hydrogen-bond donors (Lipinski definition) is 2. The minimum atomic E-state index is -0.670. The van der Waals surface area contributed by atoms with E-state index in [0.29, 0.717) is 17.1 Å². The maximum Gasteiger partial charge on any atom is 0.184 e. The number of rotatable bonds is 3. The molecule has 1 heterocycles. The van der Waals surface area contributed by atoms with Crippen LogP contribution in [0.3, 0.4) is 0 Å². The van der Waals surface area contributed by atoms with Crippen LogP contribution in [-0.4, -0.2) is 11.3 Å². The monoisotopic (exact) mass is 281 g/mol. The highest BCUT2D eigenvalue weighted by Crippen LogP contribution is 2.23. The van der Waals surface area contributed by atoms with E-state index in [4.69, 9.17) is 10.2 Å². The number of nitrogens with one attached hydrogen (secondary N) is 1. The van der Waals surface area contributed by atoms with Crippen molar-refractivity contribution in [3.05, 3.63) is 47.7 Å². The van der Waals surface area contributed by atoms with Crippen LogP contribution in [0.25, 0.3) is 11.3 Å². The Morgan fingerprint density at radius 2 is 1.95 bits per heavy atom. The predicted octanol–water partition coefficient (Wildman–Crippen LogP) is 2.39. The Balaban J connectivity index is 2.20. The fraction of sp³-hybridized carbons (Fsp3) is 0. The number of hydrazone groups is 1. The lowest BCUT2D eigenvalue weighted by Gasteiger charge is -1.98. The van der Waals surface area contributed by atoms with E-state index in [1.807, 2.05) is 0 Å².